The predicted octanol–water partition coefficient (Wildman–Crippen LogP) is -0.217. The highest BCUT2D eigenvalue weighted by Gasteiger charge is 2.30. The molecule has 1 unspecified atom stereocenters. The molecule has 0 bridgehead atoms. The minimum atomic E-state index is -0.0527. The van der Waals surface area contributed by atoms with Gasteiger partial charge in [0.15, 0.2) is 0 Å². The molecule has 2 fully saturated rings. The lowest BCUT2D eigenvalue weighted by Gasteiger charge is -2.38. The number of hydrogen-bond donors (Lipinski definition) is 2. The lowest BCUT2D eigenvalue weighted by atomic mass is 10.1. The van der Waals surface area contributed by atoms with Crippen molar-refractivity contribution in [3.8, 4) is 0 Å². The molecule has 5 nitrogen and oxygen atoms in total. The van der Waals surface area contributed by atoms with Crippen LogP contribution in [0.2, 0.25) is 0 Å². The normalized spacial score (nSPS) is 24.6. The number of hydrazine groups is 1. The van der Waals surface area contributed by atoms with Gasteiger partial charge in [0.25, 0.3) is 5.91 Å². The van der Waals surface area contributed by atoms with Gasteiger partial charge in [-0.25, -0.2) is 5.84 Å². The largest absolute Gasteiger partial charge is 0.301 e. The van der Waals surface area contributed by atoms with Crippen LogP contribution in [0.3, 0.4) is 0 Å². The number of nitrogens with zero attached hydrogens (tertiary/aromatic N) is 2. The van der Waals surface area contributed by atoms with E-state index in [0.717, 1.165) is 38.5 Å². The van der Waals surface area contributed by atoms with Crippen molar-refractivity contribution in [2.24, 2.45) is 11.8 Å². The SMILES string of the molecule is CCC(C(=O)NN)N1CCN(CC2CC2)CC1. The van der Waals surface area contributed by atoms with Gasteiger partial charge in [0.05, 0.1) is 6.04 Å². The van der Waals surface area contributed by atoms with Crippen molar-refractivity contribution >= 4 is 5.91 Å². The van der Waals surface area contributed by atoms with E-state index in [2.05, 4.69) is 15.2 Å². The van der Waals surface area contributed by atoms with E-state index in [1.165, 1.54) is 19.4 Å². The van der Waals surface area contributed by atoms with Crippen LogP contribution in [0.15, 0.2) is 0 Å². The summed E-state index contributed by atoms with van der Waals surface area (Å²) < 4.78 is 0. The molecular weight excluding hydrogens is 216 g/mol. The first kappa shape index (κ1) is 12.8. The first-order chi connectivity index (χ1) is 8.24. The van der Waals surface area contributed by atoms with Gasteiger partial charge in [-0.2, -0.15) is 0 Å². The summed E-state index contributed by atoms with van der Waals surface area (Å²) in [5.74, 6) is 6.12. The highest BCUT2D eigenvalue weighted by atomic mass is 16.2. The number of rotatable bonds is 5. The Morgan fingerprint density at radius 3 is 2.47 bits per heavy atom. The molecule has 1 amide bonds. The molecule has 98 valence electrons. The van der Waals surface area contributed by atoms with E-state index in [1.54, 1.807) is 0 Å². The number of carbonyl (C=O) groups excluding carboxylic acids is 1. The molecule has 1 saturated heterocycles. The lowest BCUT2D eigenvalue weighted by Crippen LogP contribution is -2.55. The third kappa shape index (κ3) is 3.40. The first-order valence-corrected chi connectivity index (χ1v) is 6.71. The smallest absolute Gasteiger partial charge is 0.251 e. The number of hydrogen-bond acceptors (Lipinski definition) is 4. The van der Waals surface area contributed by atoms with Crippen LogP contribution < -0.4 is 11.3 Å². The Balaban J connectivity index is 1.77. The molecule has 1 aliphatic carbocycles. The molecule has 3 N–H and O–H groups in total. The van der Waals surface area contributed by atoms with Gasteiger partial charge in [0, 0.05) is 32.7 Å². The lowest BCUT2D eigenvalue weighted by molar-refractivity contribution is -0.127. The Morgan fingerprint density at radius 2 is 2.00 bits per heavy atom. The summed E-state index contributed by atoms with van der Waals surface area (Å²) in [6, 6.07) is -0.0527. The number of amides is 1. The maximum Gasteiger partial charge on any atom is 0.251 e. The molecule has 5 heteroatoms. The van der Waals surface area contributed by atoms with Crippen molar-refractivity contribution in [1.82, 2.24) is 15.2 Å². The summed E-state index contributed by atoms with van der Waals surface area (Å²) >= 11 is 0. The minimum absolute atomic E-state index is 0.0526. The van der Waals surface area contributed by atoms with Gasteiger partial charge in [-0.15, -0.1) is 0 Å². The average molecular weight is 240 g/mol. The minimum Gasteiger partial charge on any atom is -0.301 e. The number of carbonyl (C=O) groups is 1. The number of nitrogens with one attached hydrogen (secondary N) is 1. The zero-order valence-corrected chi connectivity index (χ0v) is 10.7. The van der Waals surface area contributed by atoms with Gasteiger partial charge >= 0.3 is 0 Å². The zero-order valence-electron chi connectivity index (χ0n) is 10.7. The molecule has 2 aliphatic rings. The summed E-state index contributed by atoms with van der Waals surface area (Å²) in [5, 5.41) is 0. The fourth-order valence-electron chi connectivity index (χ4n) is 2.63. The number of piperazine rings is 1. The van der Waals surface area contributed by atoms with Gasteiger partial charge in [-0.3, -0.25) is 15.1 Å². The molecule has 1 atom stereocenters. The molecule has 0 aromatic carbocycles. The first-order valence-electron chi connectivity index (χ1n) is 6.71. The van der Waals surface area contributed by atoms with E-state index in [9.17, 15) is 4.79 Å². The van der Waals surface area contributed by atoms with Gasteiger partial charge < -0.3 is 4.90 Å². The Labute approximate surface area is 103 Å². The van der Waals surface area contributed by atoms with E-state index < -0.39 is 0 Å². The molecule has 1 heterocycles. The summed E-state index contributed by atoms with van der Waals surface area (Å²) in [4.78, 5) is 16.4. The van der Waals surface area contributed by atoms with E-state index in [1.807, 2.05) is 6.92 Å². The van der Waals surface area contributed by atoms with Crippen LogP contribution in [0, 0.1) is 5.92 Å². The van der Waals surface area contributed by atoms with Crippen molar-refractivity contribution in [2.75, 3.05) is 32.7 Å². The molecule has 0 spiro atoms. The van der Waals surface area contributed by atoms with Crippen LogP contribution in [0.25, 0.3) is 0 Å². The van der Waals surface area contributed by atoms with Crippen molar-refractivity contribution in [3.63, 3.8) is 0 Å². The third-order valence-electron chi connectivity index (χ3n) is 3.89. The van der Waals surface area contributed by atoms with E-state index in [0.29, 0.717) is 0 Å². The molecule has 2 rings (SSSR count). The zero-order chi connectivity index (χ0) is 12.3. The van der Waals surface area contributed by atoms with Gasteiger partial charge in [-0.1, -0.05) is 6.92 Å². The van der Waals surface area contributed by atoms with Gasteiger partial charge in [0.2, 0.25) is 0 Å². The van der Waals surface area contributed by atoms with Crippen molar-refractivity contribution in [3.05, 3.63) is 0 Å². The molecule has 0 aromatic rings. The van der Waals surface area contributed by atoms with Crippen LogP contribution in [-0.4, -0.2) is 54.5 Å². The number of nitrogens with two attached hydrogens (primary N) is 1. The summed E-state index contributed by atoms with van der Waals surface area (Å²) in [6.07, 6.45) is 3.65. The highest BCUT2D eigenvalue weighted by molar-refractivity contribution is 5.81. The second-order valence-corrected chi connectivity index (χ2v) is 5.21. The van der Waals surface area contributed by atoms with Crippen LogP contribution in [0.5, 0.6) is 0 Å². The summed E-state index contributed by atoms with van der Waals surface area (Å²) in [5.41, 5.74) is 2.27. The van der Waals surface area contributed by atoms with E-state index in [-0.39, 0.29) is 11.9 Å². The predicted molar refractivity (Wildman–Crippen MR) is 67.1 cm³/mol. The summed E-state index contributed by atoms with van der Waals surface area (Å²) in [7, 11) is 0. The van der Waals surface area contributed by atoms with Crippen LogP contribution >= 0.6 is 0 Å². The van der Waals surface area contributed by atoms with Crippen LogP contribution in [0.4, 0.5) is 0 Å². The van der Waals surface area contributed by atoms with Crippen LogP contribution in [-0.2, 0) is 4.79 Å². The fraction of sp³-hybridized carbons (Fsp3) is 0.917. The van der Waals surface area contributed by atoms with E-state index in [4.69, 9.17) is 5.84 Å². The quantitative estimate of drug-likeness (QED) is 0.396. The monoisotopic (exact) mass is 240 g/mol. The molecule has 1 aliphatic heterocycles. The third-order valence-corrected chi connectivity index (χ3v) is 3.89. The fourth-order valence-corrected chi connectivity index (χ4v) is 2.63. The Morgan fingerprint density at radius 1 is 1.35 bits per heavy atom. The van der Waals surface area contributed by atoms with Crippen molar-refractivity contribution in [1.29, 1.82) is 0 Å². The van der Waals surface area contributed by atoms with Gasteiger partial charge in [0.1, 0.15) is 0 Å². The van der Waals surface area contributed by atoms with Crippen LogP contribution in [0.1, 0.15) is 26.2 Å². The second-order valence-electron chi connectivity index (χ2n) is 5.21. The summed E-state index contributed by atoms with van der Waals surface area (Å²) in [6.45, 7) is 7.44. The average Bonchev–Trinajstić information content (AvgIpc) is 3.16. The molecule has 0 radical (unpaired) electrons. The van der Waals surface area contributed by atoms with Gasteiger partial charge in [-0.05, 0) is 25.2 Å². The Hall–Kier alpha value is -0.650. The maximum absolute atomic E-state index is 11.6. The van der Waals surface area contributed by atoms with Crippen molar-refractivity contribution < 1.29 is 4.79 Å². The molecule has 17 heavy (non-hydrogen) atoms. The Bertz CT molecular complexity index is 259. The topological polar surface area (TPSA) is 61.6 Å². The van der Waals surface area contributed by atoms with E-state index >= 15 is 0 Å². The molecular formula is C12H24N4O. The molecule has 1 saturated carbocycles. The maximum atomic E-state index is 11.6. The second kappa shape index (κ2) is 5.80. The Kier molecular flexibility index (Phi) is 4.36. The van der Waals surface area contributed by atoms with Crippen molar-refractivity contribution in [2.45, 2.75) is 32.2 Å². The highest BCUT2D eigenvalue weighted by Crippen LogP contribution is 2.30. The molecule has 0 aromatic heterocycles. The standard InChI is InChI=1S/C12H24N4O/c1-2-11(12(17)14-13)16-7-5-15(6-8-16)9-10-3-4-10/h10-11H,2-9,13H2,1H3,(H,14,17).